The zero-order valence-corrected chi connectivity index (χ0v) is 18.0. The molecule has 1 heterocycles. The lowest BCUT2D eigenvalue weighted by atomic mass is 9.87. The molecule has 0 saturated carbocycles. The van der Waals surface area contributed by atoms with Gasteiger partial charge in [0.15, 0.2) is 0 Å². The third kappa shape index (κ3) is 3.11. The van der Waals surface area contributed by atoms with Crippen molar-refractivity contribution in [3.63, 3.8) is 0 Å². The maximum Gasteiger partial charge on any atom is 0.0438 e. The van der Waals surface area contributed by atoms with Gasteiger partial charge in [-0.05, 0) is 67.5 Å². The Labute approximate surface area is 170 Å². The van der Waals surface area contributed by atoms with E-state index in [4.69, 9.17) is 0 Å². The Balaban J connectivity index is 1.79. The van der Waals surface area contributed by atoms with E-state index in [-0.39, 0.29) is 5.54 Å². The predicted molar refractivity (Wildman–Crippen MR) is 123 cm³/mol. The minimum absolute atomic E-state index is 0.144. The fraction of sp³-hybridized carbons (Fsp3) is 0.407. The van der Waals surface area contributed by atoms with Crippen molar-refractivity contribution in [3.8, 4) is 0 Å². The Morgan fingerprint density at radius 1 is 0.857 bits per heavy atom. The molecule has 3 aromatic rings. The third-order valence-electron chi connectivity index (χ3n) is 6.77. The molecule has 0 aliphatic carbocycles. The minimum atomic E-state index is 0.144. The summed E-state index contributed by atoms with van der Waals surface area (Å²) in [7, 11) is 0. The fourth-order valence-corrected chi connectivity index (χ4v) is 5.40. The van der Waals surface area contributed by atoms with Crippen molar-refractivity contribution in [1.82, 2.24) is 0 Å². The SMILES string of the molecule is CCc1cccc(CC)c1N1[C@@H](C)C(c2ccc3ccccc3c2)CC1(C)C. The third-order valence-corrected chi connectivity index (χ3v) is 6.77. The lowest BCUT2D eigenvalue weighted by Gasteiger charge is -2.40. The van der Waals surface area contributed by atoms with Crippen LogP contribution in [0.15, 0.2) is 60.7 Å². The number of hydrogen-bond acceptors (Lipinski definition) is 1. The molecule has 0 amide bonds. The second-order valence-electron chi connectivity index (χ2n) is 8.97. The Bertz CT molecular complexity index is 962. The normalized spacial score (nSPS) is 21.4. The van der Waals surface area contributed by atoms with Gasteiger partial charge in [-0.15, -0.1) is 0 Å². The van der Waals surface area contributed by atoms with Crippen LogP contribution >= 0.6 is 0 Å². The van der Waals surface area contributed by atoms with Crippen molar-refractivity contribution in [2.45, 2.75) is 71.4 Å². The van der Waals surface area contributed by atoms with Gasteiger partial charge in [-0.25, -0.2) is 0 Å². The lowest BCUT2D eigenvalue weighted by molar-refractivity contribution is 0.501. The quantitative estimate of drug-likeness (QED) is 0.471. The zero-order valence-electron chi connectivity index (χ0n) is 18.0. The van der Waals surface area contributed by atoms with Gasteiger partial charge in [-0.2, -0.15) is 0 Å². The smallest absolute Gasteiger partial charge is 0.0438 e. The van der Waals surface area contributed by atoms with Gasteiger partial charge in [0, 0.05) is 23.2 Å². The highest BCUT2D eigenvalue weighted by Gasteiger charge is 2.45. The van der Waals surface area contributed by atoms with Crippen LogP contribution in [0.2, 0.25) is 0 Å². The summed E-state index contributed by atoms with van der Waals surface area (Å²) in [5.74, 6) is 0.550. The molecule has 0 radical (unpaired) electrons. The number of aryl methyl sites for hydroxylation is 2. The molecule has 2 atom stereocenters. The number of anilines is 1. The molecular formula is C27H33N. The number of rotatable bonds is 4. The van der Waals surface area contributed by atoms with E-state index in [9.17, 15) is 0 Å². The van der Waals surface area contributed by atoms with Crippen LogP contribution in [-0.4, -0.2) is 11.6 Å². The van der Waals surface area contributed by atoms with E-state index >= 15 is 0 Å². The molecule has 0 aromatic heterocycles. The highest BCUT2D eigenvalue weighted by atomic mass is 15.3. The van der Waals surface area contributed by atoms with Crippen LogP contribution in [0.3, 0.4) is 0 Å². The van der Waals surface area contributed by atoms with Crippen molar-refractivity contribution in [3.05, 3.63) is 77.4 Å². The first-order valence-electron chi connectivity index (χ1n) is 10.8. The summed E-state index contributed by atoms with van der Waals surface area (Å²) < 4.78 is 0. The predicted octanol–water partition coefficient (Wildman–Crippen LogP) is 7.13. The van der Waals surface area contributed by atoms with Crippen LogP contribution in [0.4, 0.5) is 5.69 Å². The standard InChI is InChI=1S/C27H33N/c1-6-20-13-10-14-21(7-2)26(20)28-19(3)25(18-27(28,4)5)24-16-15-22-11-8-9-12-23(22)17-24/h8-17,19,25H,6-7,18H2,1-5H3/t19-,25?/m0/s1. The summed E-state index contributed by atoms with van der Waals surface area (Å²) in [5.41, 5.74) is 6.09. The summed E-state index contributed by atoms with van der Waals surface area (Å²) >= 11 is 0. The van der Waals surface area contributed by atoms with E-state index in [2.05, 4.69) is 100 Å². The van der Waals surface area contributed by atoms with E-state index in [1.807, 2.05) is 0 Å². The molecular weight excluding hydrogens is 338 g/mol. The molecule has 1 aliphatic rings. The van der Waals surface area contributed by atoms with Crippen LogP contribution in [-0.2, 0) is 12.8 Å². The molecule has 28 heavy (non-hydrogen) atoms. The first kappa shape index (κ1) is 19.1. The maximum atomic E-state index is 2.74. The molecule has 1 aliphatic heterocycles. The van der Waals surface area contributed by atoms with Crippen molar-refractivity contribution < 1.29 is 0 Å². The average Bonchev–Trinajstić information content (AvgIpc) is 2.95. The highest BCUT2D eigenvalue weighted by molar-refractivity contribution is 5.83. The van der Waals surface area contributed by atoms with Crippen LogP contribution in [0, 0.1) is 0 Å². The van der Waals surface area contributed by atoms with Crippen LogP contribution in [0.5, 0.6) is 0 Å². The molecule has 4 rings (SSSR count). The monoisotopic (exact) mass is 371 g/mol. The summed E-state index contributed by atoms with van der Waals surface area (Å²) in [4.78, 5) is 2.74. The first-order valence-corrected chi connectivity index (χ1v) is 10.8. The maximum absolute atomic E-state index is 2.74. The Morgan fingerprint density at radius 3 is 2.14 bits per heavy atom. The fourth-order valence-electron chi connectivity index (χ4n) is 5.40. The Morgan fingerprint density at radius 2 is 1.50 bits per heavy atom. The van der Waals surface area contributed by atoms with Crippen molar-refractivity contribution >= 4 is 16.5 Å². The van der Waals surface area contributed by atoms with Gasteiger partial charge in [-0.1, -0.05) is 74.5 Å². The Kier molecular flexibility index (Phi) is 4.95. The largest absolute Gasteiger partial charge is 0.363 e. The summed E-state index contributed by atoms with van der Waals surface area (Å²) in [6.07, 6.45) is 3.36. The first-order chi connectivity index (χ1) is 13.5. The topological polar surface area (TPSA) is 3.24 Å². The molecule has 1 fully saturated rings. The Hall–Kier alpha value is -2.28. The molecule has 1 saturated heterocycles. The zero-order chi connectivity index (χ0) is 19.9. The molecule has 1 nitrogen and oxygen atoms in total. The number of fused-ring (bicyclic) bond motifs is 1. The van der Waals surface area contributed by atoms with E-state index in [0.29, 0.717) is 12.0 Å². The average molecular weight is 372 g/mol. The van der Waals surface area contributed by atoms with Gasteiger partial charge in [0.05, 0.1) is 0 Å². The number of benzene rings is 3. The van der Waals surface area contributed by atoms with Gasteiger partial charge < -0.3 is 4.90 Å². The van der Waals surface area contributed by atoms with E-state index in [1.165, 1.54) is 39.6 Å². The van der Waals surface area contributed by atoms with Crippen molar-refractivity contribution in [2.75, 3.05) is 4.90 Å². The molecule has 3 aromatic carbocycles. The molecule has 0 bridgehead atoms. The summed E-state index contributed by atoms with van der Waals surface area (Å²) in [6, 6.07) is 23.1. The van der Waals surface area contributed by atoms with Gasteiger partial charge in [0.25, 0.3) is 0 Å². The van der Waals surface area contributed by atoms with Crippen LogP contribution < -0.4 is 4.90 Å². The van der Waals surface area contributed by atoms with Gasteiger partial charge in [0.1, 0.15) is 0 Å². The van der Waals surface area contributed by atoms with Crippen molar-refractivity contribution in [2.24, 2.45) is 0 Å². The van der Waals surface area contributed by atoms with Gasteiger partial charge in [0.2, 0.25) is 0 Å². The lowest BCUT2D eigenvalue weighted by Crippen LogP contribution is -2.43. The molecule has 1 unspecified atom stereocenters. The molecule has 146 valence electrons. The van der Waals surface area contributed by atoms with Crippen LogP contribution in [0.25, 0.3) is 10.8 Å². The molecule has 0 N–H and O–H groups in total. The minimum Gasteiger partial charge on any atom is -0.363 e. The van der Waals surface area contributed by atoms with Crippen molar-refractivity contribution in [1.29, 1.82) is 0 Å². The second-order valence-corrected chi connectivity index (χ2v) is 8.97. The number of hydrogen-bond donors (Lipinski definition) is 0. The molecule has 0 spiro atoms. The van der Waals surface area contributed by atoms with E-state index in [1.54, 1.807) is 0 Å². The summed E-state index contributed by atoms with van der Waals surface area (Å²) in [6.45, 7) is 11.9. The van der Waals surface area contributed by atoms with Gasteiger partial charge in [-0.3, -0.25) is 0 Å². The van der Waals surface area contributed by atoms with E-state index < -0.39 is 0 Å². The number of nitrogens with zero attached hydrogens (tertiary/aromatic N) is 1. The van der Waals surface area contributed by atoms with E-state index in [0.717, 1.165) is 12.8 Å². The number of para-hydroxylation sites is 1. The van der Waals surface area contributed by atoms with Crippen LogP contribution in [0.1, 0.15) is 63.6 Å². The second kappa shape index (κ2) is 7.28. The highest BCUT2D eigenvalue weighted by Crippen LogP contribution is 2.48. The van der Waals surface area contributed by atoms with Gasteiger partial charge >= 0.3 is 0 Å². The molecule has 1 heteroatoms. The summed E-state index contributed by atoms with van der Waals surface area (Å²) in [5, 5.41) is 2.68.